The van der Waals surface area contributed by atoms with Crippen molar-refractivity contribution in [3.8, 4) is 34.3 Å². The summed E-state index contributed by atoms with van der Waals surface area (Å²) in [4.78, 5) is 3.92. The highest BCUT2D eigenvalue weighted by molar-refractivity contribution is 6.17. The summed E-state index contributed by atoms with van der Waals surface area (Å²) in [5.74, 6) is 0. The fourth-order valence-corrected chi connectivity index (χ4v) is 8.88. The zero-order valence-corrected chi connectivity index (χ0v) is 29.5. The summed E-state index contributed by atoms with van der Waals surface area (Å²) in [5.41, 5.74) is 12.6. The number of para-hydroxylation sites is 6. The van der Waals surface area contributed by atoms with Gasteiger partial charge in [0.05, 0.1) is 62.9 Å². The number of nitriles is 1. The van der Waals surface area contributed by atoms with Crippen LogP contribution < -0.4 is 0 Å². The highest BCUT2D eigenvalue weighted by atomic mass is 15.1. The van der Waals surface area contributed by atoms with Crippen molar-refractivity contribution in [3.05, 3.63) is 193 Å². The van der Waals surface area contributed by atoms with Crippen molar-refractivity contribution in [3.63, 3.8) is 0 Å². The highest BCUT2D eigenvalue weighted by Gasteiger charge is 2.23. The Morgan fingerprint density at radius 3 is 1.60 bits per heavy atom. The van der Waals surface area contributed by atoms with E-state index in [9.17, 15) is 5.26 Å². The zero-order chi connectivity index (χ0) is 36.6. The van der Waals surface area contributed by atoms with E-state index in [-0.39, 0.29) is 0 Å². The van der Waals surface area contributed by atoms with Gasteiger partial charge in [0, 0.05) is 43.6 Å². The molecule has 8 aromatic carbocycles. The Hall–Kier alpha value is -7.86. The molecule has 0 saturated carbocycles. The van der Waals surface area contributed by atoms with Crippen LogP contribution in [0, 0.1) is 17.9 Å². The molecule has 0 amide bonds. The van der Waals surface area contributed by atoms with Crippen molar-refractivity contribution in [2.45, 2.75) is 0 Å². The van der Waals surface area contributed by atoms with E-state index in [2.05, 4.69) is 164 Å². The van der Waals surface area contributed by atoms with E-state index < -0.39 is 0 Å². The van der Waals surface area contributed by atoms with Gasteiger partial charge in [-0.3, -0.25) is 0 Å². The molecule has 11 rings (SSSR count). The van der Waals surface area contributed by atoms with Crippen molar-refractivity contribution in [1.29, 1.82) is 5.26 Å². The number of hydrogen-bond acceptors (Lipinski definition) is 1. The van der Waals surface area contributed by atoms with Crippen molar-refractivity contribution < 1.29 is 0 Å². The predicted octanol–water partition coefficient (Wildman–Crippen LogP) is 13.1. The lowest BCUT2D eigenvalue weighted by atomic mass is 9.98. The maximum Gasteiger partial charge on any atom is 0.197 e. The lowest BCUT2D eigenvalue weighted by Crippen LogP contribution is -2.04. The topological polar surface area (TPSA) is 42.9 Å². The molecule has 0 saturated heterocycles. The van der Waals surface area contributed by atoms with Crippen LogP contribution >= 0.6 is 0 Å². The first kappa shape index (κ1) is 30.7. The van der Waals surface area contributed by atoms with E-state index in [1.807, 2.05) is 36.4 Å². The lowest BCUT2D eigenvalue weighted by Gasteiger charge is -2.20. The second kappa shape index (κ2) is 11.8. The summed E-state index contributed by atoms with van der Waals surface area (Å²) in [5, 5.41) is 17.0. The van der Waals surface area contributed by atoms with Crippen molar-refractivity contribution >= 4 is 71.1 Å². The van der Waals surface area contributed by atoms with Crippen LogP contribution in [0.2, 0.25) is 0 Å². The first-order valence-corrected chi connectivity index (χ1v) is 18.3. The number of fused-ring (bicyclic) bond motifs is 9. The summed E-state index contributed by atoms with van der Waals surface area (Å²) >= 11 is 0. The molecular weight excluding hydrogens is 671 g/mol. The van der Waals surface area contributed by atoms with Gasteiger partial charge in [0.25, 0.3) is 0 Å². The van der Waals surface area contributed by atoms with Crippen LogP contribution in [0.15, 0.2) is 176 Å². The van der Waals surface area contributed by atoms with Gasteiger partial charge in [-0.1, -0.05) is 115 Å². The minimum atomic E-state index is 0.573. The monoisotopic (exact) mass is 699 g/mol. The maximum atomic E-state index is 10.3. The van der Waals surface area contributed by atoms with Crippen molar-refractivity contribution in [1.82, 2.24) is 13.7 Å². The molecule has 0 spiro atoms. The first-order valence-electron chi connectivity index (χ1n) is 18.3. The number of nitrogens with zero attached hydrogens (tertiary/aromatic N) is 5. The SMILES string of the molecule is [C-]#[N+]c1cccc2c1c1ccccc1n2-c1ccc(C#N)cc1-c1ccccc1-n1c2ccccc2c2cccc(-n3c4ccccc4c4ccccc43)c21. The van der Waals surface area contributed by atoms with Gasteiger partial charge in [-0.2, -0.15) is 5.26 Å². The van der Waals surface area contributed by atoms with Gasteiger partial charge >= 0.3 is 0 Å². The Morgan fingerprint density at radius 2 is 0.909 bits per heavy atom. The summed E-state index contributed by atoms with van der Waals surface area (Å²) in [7, 11) is 0. The van der Waals surface area contributed by atoms with Gasteiger partial charge in [-0.05, 0) is 66.0 Å². The molecule has 0 aliphatic carbocycles. The van der Waals surface area contributed by atoms with Crippen LogP contribution in [0.1, 0.15) is 5.56 Å². The number of hydrogen-bond donors (Lipinski definition) is 0. The van der Waals surface area contributed by atoms with Crippen LogP contribution in [-0.2, 0) is 0 Å². The third-order valence-corrected chi connectivity index (χ3v) is 11.1. The average molecular weight is 700 g/mol. The Bertz CT molecular complexity index is 3420. The fraction of sp³-hybridized carbons (Fsp3) is 0. The molecule has 254 valence electrons. The highest BCUT2D eigenvalue weighted by Crippen LogP contribution is 2.44. The number of rotatable bonds is 4. The lowest BCUT2D eigenvalue weighted by molar-refractivity contribution is 1.13. The average Bonchev–Trinajstić information content (AvgIpc) is 3.89. The van der Waals surface area contributed by atoms with Crippen molar-refractivity contribution in [2.75, 3.05) is 0 Å². The quantitative estimate of drug-likeness (QED) is 0.169. The third-order valence-electron chi connectivity index (χ3n) is 11.1. The molecule has 55 heavy (non-hydrogen) atoms. The minimum absolute atomic E-state index is 0.573. The molecule has 3 aromatic heterocycles. The van der Waals surface area contributed by atoms with E-state index in [1.165, 1.54) is 10.8 Å². The molecule has 0 fully saturated rings. The van der Waals surface area contributed by atoms with Crippen LogP contribution in [-0.4, -0.2) is 13.7 Å². The molecule has 0 aliphatic rings. The first-order chi connectivity index (χ1) is 27.2. The molecule has 0 atom stereocenters. The van der Waals surface area contributed by atoms with E-state index in [4.69, 9.17) is 6.57 Å². The van der Waals surface area contributed by atoms with Gasteiger partial charge in [0.2, 0.25) is 0 Å². The number of benzene rings is 8. The molecule has 5 nitrogen and oxygen atoms in total. The van der Waals surface area contributed by atoms with E-state index in [0.717, 1.165) is 82.8 Å². The Morgan fingerprint density at radius 1 is 0.418 bits per heavy atom. The summed E-state index contributed by atoms with van der Waals surface area (Å²) in [6.45, 7) is 8.02. The van der Waals surface area contributed by atoms with E-state index in [0.29, 0.717) is 11.3 Å². The van der Waals surface area contributed by atoms with Gasteiger partial charge in [0.1, 0.15) is 0 Å². The molecule has 0 aliphatic heterocycles. The Kier molecular flexibility index (Phi) is 6.61. The van der Waals surface area contributed by atoms with Crippen LogP contribution in [0.4, 0.5) is 5.69 Å². The molecule has 0 unspecified atom stereocenters. The Labute approximate surface area is 316 Å². The fourth-order valence-electron chi connectivity index (χ4n) is 8.88. The summed E-state index contributed by atoms with van der Waals surface area (Å²) < 4.78 is 7.06. The molecule has 11 aromatic rings. The van der Waals surface area contributed by atoms with Crippen LogP contribution in [0.3, 0.4) is 0 Å². The summed E-state index contributed by atoms with van der Waals surface area (Å²) in [6, 6.07) is 63.6. The normalized spacial score (nSPS) is 11.6. The second-order valence-electron chi connectivity index (χ2n) is 13.9. The number of aromatic nitrogens is 3. The minimum Gasteiger partial charge on any atom is -0.310 e. The zero-order valence-electron chi connectivity index (χ0n) is 29.5. The molecule has 0 N–H and O–H groups in total. The maximum absolute atomic E-state index is 10.3. The molecular formula is C50H29N5. The standard InChI is InChI=1S/C50H29N5/c1-52-40-20-13-26-47-49(40)38-18-6-11-25-45(38)53(47)46-29-28-32(31-51)30-39(46)36-17-5-10-24-44(36)55-43-23-9-4-16-35(43)37-19-12-27-48(50(37)55)54-41-21-7-2-14-33(41)34-15-3-8-22-42(34)54/h2-30H. The van der Waals surface area contributed by atoms with Gasteiger partial charge in [0.15, 0.2) is 5.69 Å². The summed E-state index contributed by atoms with van der Waals surface area (Å²) in [6.07, 6.45) is 0. The van der Waals surface area contributed by atoms with E-state index in [1.54, 1.807) is 0 Å². The van der Waals surface area contributed by atoms with Crippen LogP contribution in [0.25, 0.3) is 98.5 Å². The molecule has 0 radical (unpaired) electrons. The van der Waals surface area contributed by atoms with Gasteiger partial charge in [-0.15, -0.1) is 0 Å². The molecule has 5 heteroatoms. The third kappa shape index (κ3) is 4.33. The Balaban J connectivity index is 1.27. The molecule has 3 heterocycles. The van der Waals surface area contributed by atoms with Crippen LogP contribution in [0.5, 0.6) is 0 Å². The second-order valence-corrected chi connectivity index (χ2v) is 13.9. The predicted molar refractivity (Wildman–Crippen MR) is 226 cm³/mol. The van der Waals surface area contributed by atoms with Gasteiger partial charge in [-0.25, -0.2) is 4.85 Å². The molecule has 0 bridgehead atoms. The van der Waals surface area contributed by atoms with Crippen molar-refractivity contribution in [2.24, 2.45) is 0 Å². The smallest absolute Gasteiger partial charge is 0.197 e. The van der Waals surface area contributed by atoms with Gasteiger partial charge < -0.3 is 13.7 Å². The largest absolute Gasteiger partial charge is 0.310 e. The van der Waals surface area contributed by atoms with E-state index >= 15 is 0 Å².